The molecule has 0 saturated heterocycles. The summed E-state index contributed by atoms with van der Waals surface area (Å²) in [5.41, 5.74) is 4.65. The predicted octanol–water partition coefficient (Wildman–Crippen LogP) is 2.90. The van der Waals surface area contributed by atoms with Crippen LogP contribution in [-0.4, -0.2) is 16.0 Å². The minimum Gasteiger partial charge on any atom is -0.294 e. The summed E-state index contributed by atoms with van der Waals surface area (Å²) in [7, 11) is 0. The van der Waals surface area contributed by atoms with E-state index in [1.807, 2.05) is 38.1 Å². The molecule has 2 aromatic rings. The number of aromatic nitrogens is 2. The molecule has 3 heteroatoms. The molecule has 0 aliphatic rings. The fourth-order valence-electron chi connectivity index (χ4n) is 1.96. The Morgan fingerprint density at radius 3 is 2.50 bits per heavy atom. The minimum absolute atomic E-state index is 0.0793. The number of ketones is 1. The van der Waals surface area contributed by atoms with Gasteiger partial charge in [0.05, 0.1) is 5.69 Å². The predicted molar refractivity (Wildman–Crippen MR) is 63.5 cm³/mol. The van der Waals surface area contributed by atoms with Crippen LogP contribution in [0.5, 0.6) is 0 Å². The first-order valence-electron chi connectivity index (χ1n) is 5.23. The zero-order chi connectivity index (χ0) is 11.7. The molecule has 1 aromatic carbocycles. The lowest BCUT2D eigenvalue weighted by molar-refractivity contribution is 0.101. The Morgan fingerprint density at radius 2 is 1.94 bits per heavy atom. The van der Waals surface area contributed by atoms with Gasteiger partial charge in [-0.2, -0.15) is 5.10 Å². The smallest absolute Gasteiger partial charge is 0.160 e. The molecule has 0 unspecified atom stereocenters. The van der Waals surface area contributed by atoms with Gasteiger partial charge in [0.2, 0.25) is 0 Å². The van der Waals surface area contributed by atoms with Crippen LogP contribution in [0.25, 0.3) is 11.1 Å². The van der Waals surface area contributed by atoms with Gasteiger partial charge in [0.1, 0.15) is 0 Å². The average molecular weight is 214 g/mol. The van der Waals surface area contributed by atoms with E-state index in [0.29, 0.717) is 0 Å². The van der Waals surface area contributed by atoms with Crippen LogP contribution in [-0.2, 0) is 0 Å². The zero-order valence-electron chi connectivity index (χ0n) is 9.66. The lowest BCUT2D eigenvalue weighted by Gasteiger charge is -2.06. The van der Waals surface area contributed by atoms with Gasteiger partial charge in [0.25, 0.3) is 0 Å². The van der Waals surface area contributed by atoms with Crippen LogP contribution >= 0.6 is 0 Å². The van der Waals surface area contributed by atoms with E-state index in [1.54, 1.807) is 6.92 Å². The maximum atomic E-state index is 11.6. The summed E-state index contributed by atoms with van der Waals surface area (Å²) in [5.74, 6) is 0.0793. The summed E-state index contributed by atoms with van der Waals surface area (Å²) in [6.07, 6.45) is 0. The second kappa shape index (κ2) is 3.93. The fourth-order valence-corrected chi connectivity index (χ4v) is 1.96. The van der Waals surface area contributed by atoms with Crippen molar-refractivity contribution < 1.29 is 4.79 Å². The number of nitrogens with one attached hydrogen (secondary N) is 1. The Bertz CT molecular complexity index is 521. The molecule has 3 nitrogen and oxygen atoms in total. The van der Waals surface area contributed by atoms with Crippen molar-refractivity contribution in [2.45, 2.75) is 20.8 Å². The molecular formula is C13H14N2O. The highest BCUT2D eigenvalue weighted by Gasteiger charge is 2.14. The number of H-pyrrole nitrogens is 1. The van der Waals surface area contributed by atoms with E-state index < -0.39 is 0 Å². The maximum absolute atomic E-state index is 11.6. The molecule has 0 radical (unpaired) electrons. The van der Waals surface area contributed by atoms with Crippen molar-refractivity contribution in [3.63, 3.8) is 0 Å². The number of Topliss-reactive ketones (excluding diaryl/α,β-unsaturated/α-hetero) is 1. The van der Waals surface area contributed by atoms with E-state index in [9.17, 15) is 4.79 Å². The summed E-state index contributed by atoms with van der Waals surface area (Å²) in [4.78, 5) is 11.6. The van der Waals surface area contributed by atoms with Crippen molar-refractivity contribution in [2.24, 2.45) is 0 Å². The molecular weight excluding hydrogens is 200 g/mol. The third-order valence-corrected chi connectivity index (χ3v) is 2.70. The summed E-state index contributed by atoms with van der Waals surface area (Å²) in [5, 5.41) is 7.10. The first kappa shape index (κ1) is 10.6. The minimum atomic E-state index is 0.0793. The molecule has 1 N–H and O–H groups in total. The molecule has 0 atom stereocenters. The third-order valence-electron chi connectivity index (χ3n) is 2.70. The fraction of sp³-hybridized carbons (Fsp3) is 0.231. The van der Waals surface area contributed by atoms with Gasteiger partial charge in [-0.1, -0.05) is 24.3 Å². The van der Waals surface area contributed by atoms with E-state index in [2.05, 4.69) is 10.2 Å². The van der Waals surface area contributed by atoms with E-state index >= 15 is 0 Å². The number of hydrogen-bond acceptors (Lipinski definition) is 2. The number of carbonyl (C=O) groups is 1. The van der Waals surface area contributed by atoms with Crippen LogP contribution in [0.2, 0.25) is 0 Å². The van der Waals surface area contributed by atoms with Gasteiger partial charge in [-0.15, -0.1) is 0 Å². The van der Waals surface area contributed by atoms with Crippen molar-refractivity contribution >= 4 is 5.78 Å². The number of nitrogens with zero attached hydrogens (tertiary/aromatic N) is 1. The van der Waals surface area contributed by atoms with Crippen molar-refractivity contribution in [2.75, 3.05) is 0 Å². The third kappa shape index (κ3) is 1.65. The van der Waals surface area contributed by atoms with Crippen molar-refractivity contribution in [3.05, 3.63) is 41.2 Å². The highest BCUT2D eigenvalue weighted by atomic mass is 16.1. The second-order valence-corrected chi connectivity index (χ2v) is 3.91. The van der Waals surface area contributed by atoms with Crippen LogP contribution in [0.1, 0.15) is 28.7 Å². The van der Waals surface area contributed by atoms with Gasteiger partial charge in [-0.05, 0) is 26.3 Å². The zero-order valence-corrected chi connectivity index (χ0v) is 9.66. The van der Waals surface area contributed by atoms with Crippen LogP contribution < -0.4 is 0 Å². The topological polar surface area (TPSA) is 45.8 Å². The number of rotatable bonds is 2. The van der Waals surface area contributed by atoms with Crippen LogP contribution in [0, 0.1) is 13.8 Å². The average Bonchev–Trinajstić information content (AvgIpc) is 2.58. The van der Waals surface area contributed by atoms with Gasteiger partial charge in [0, 0.05) is 16.8 Å². The number of hydrogen-bond donors (Lipinski definition) is 1. The standard InChI is InChI=1S/C13H14N2O/c1-8-13(9(2)15-14-8)12-7-5-4-6-11(12)10(3)16/h4-7H,1-3H3,(H,14,15). The van der Waals surface area contributed by atoms with E-state index in [-0.39, 0.29) is 5.78 Å². The molecule has 82 valence electrons. The van der Waals surface area contributed by atoms with Crippen LogP contribution in [0.3, 0.4) is 0 Å². The van der Waals surface area contributed by atoms with Gasteiger partial charge in [0.15, 0.2) is 5.78 Å². The lowest BCUT2D eigenvalue weighted by Crippen LogP contribution is -1.96. The first-order chi connectivity index (χ1) is 7.61. The summed E-state index contributed by atoms with van der Waals surface area (Å²) in [6, 6.07) is 7.63. The Hall–Kier alpha value is -1.90. The van der Waals surface area contributed by atoms with Crippen LogP contribution in [0.15, 0.2) is 24.3 Å². The van der Waals surface area contributed by atoms with Crippen molar-refractivity contribution in [3.8, 4) is 11.1 Å². The molecule has 0 amide bonds. The monoisotopic (exact) mass is 214 g/mol. The number of carbonyl (C=O) groups excluding carboxylic acids is 1. The maximum Gasteiger partial charge on any atom is 0.160 e. The van der Waals surface area contributed by atoms with Crippen LogP contribution in [0.4, 0.5) is 0 Å². The Balaban J connectivity index is 2.69. The molecule has 16 heavy (non-hydrogen) atoms. The first-order valence-corrected chi connectivity index (χ1v) is 5.23. The van der Waals surface area contributed by atoms with Crippen molar-refractivity contribution in [1.82, 2.24) is 10.2 Å². The highest BCUT2D eigenvalue weighted by Crippen LogP contribution is 2.28. The molecule has 0 aliphatic heterocycles. The Morgan fingerprint density at radius 1 is 1.25 bits per heavy atom. The molecule has 0 fully saturated rings. The number of aromatic amines is 1. The summed E-state index contributed by atoms with van der Waals surface area (Å²) < 4.78 is 0. The van der Waals surface area contributed by atoms with E-state index in [1.165, 1.54) is 0 Å². The number of aryl methyl sites for hydroxylation is 2. The normalized spacial score (nSPS) is 10.4. The van der Waals surface area contributed by atoms with Gasteiger partial charge in [-0.25, -0.2) is 0 Å². The second-order valence-electron chi connectivity index (χ2n) is 3.91. The largest absolute Gasteiger partial charge is 0.294 e. The molecule has 1 aromatic heterocycles. The molecule has 0 aliphatic carbocycles. The quantitative estimate of drug-likeness (QED) is 0.781. The van der Waals surface area contributed by atoms with Crippen molar-refractivity contribution in [1.29, 1.82) is 0 Å². The lowest BCUT2D eigenvalue weighted by atomic mass is 9.96. The van der Waals surface area contributed by atoms with E-state index in [0.717, 1.165) is 28.1 Å². The highest BCUT2D eigenvalue weighted by molar-refractivity contribution is 6.01. The van der Waals surface area contributed by atoms with Gasteiger partial charge in [-0.3, -0.25) is 9.89 Å². The van der Waals surface area contributed by atoms with E-state index in [4.69, 9.17) is 0 Å². The molecule has 0 saturated carbocycles. The summed E-state index contributed by atoms with van der Waals surface area (Å²) >= 11 is 0. The molecule has 0 bridgehead atoms. The molecule has 2 rings (SSSR count). The molecule has 1 heterocycles. The Kier molecular flexibility index (Phi) is 2.60. The number of benzene rings is 1. The molecule has 0 spiro atoms. The Labute approximate surface area is 94.5 Å². The summed E-state index contributed by atoms with van der Waals surface area (Å²) in [6.45, 7) is 5.49. The SMILES string of the molecule is CC(=O)c1ccccc1-c1c(C)n[nH]c1C. The van der Waals surface area contributed by atoms with Gasteiger partial charge < -0.3 is 0 Å². The van der Waals surface area contributed by atoms with Gasteiger partial charge >= 0.3 is 0 Å².